The number of benzene rings is 1. The highest BCUT2D eigenvalue weighted by molar-refractivity contribution is 6.02. The van der Waals surface area contributed by atoms with Crippen molar-refractivity contribution in [3.05, 3.63) is 29.6 Å². The van der Waals surface area contributed by atoms with Crippen LogP contribution in [0.5, 0.6) is 5.75 Å². The van der Waals surface area contributed by atoms with Gasteiger partial charge in [-0.3, -0.25) is 4.79 Å². The van der Waals surface area contributed by atoms with E-state index in [-0.39, 0.29) is 5.56 Å². The Bertz CT molecular complexity index is 462. The fraction of sp³-hybridized carbons (Fsp3) is 0.533. The van der Waals surface area contributed by atoms with Crippen LogP contribution in [0.2, 0.25) is 0 Å². The molecule has 19 heavy (non-hydrogen) atoms. The van der Waals surface area contributed by atoms with Gasteiger partial charge < -0.3 is 9.84 Å². The van der Waals surface area contributed by atoms with Gasteiger partial charge in [0.15, 0.2) is 5.78 Å². The van der Waals surface area contributed by atoms with Gasteiger partial charge in [-0.2, -0.15) is 0 Å². The lowest BCUT2D eigenvalue weighted by Crippen LogP contribution is -2.38. The van der Waals surface area contributed by atoms with Crippen molar-refractivity contribution in [1.29, 1.82) is 0 Å². The summed E-state index contributed by atoms with van der Waals surface area (Å²) in [7, 11) is 1.44. The predicted octanol–water partition coefficient (Wildman–Crippen LogP) is 3.10. The molecule has 1 aromatic rings. The highest BCUT2D eigenvalue weighted by atomic mass is 19.1. The topological polar surface area (TPSA) is 46.5 Å². The molecule has 0 aromatic heterocycles. The van der Waals surface area contributed by atoms with Crippen molar-refractivity contribution >= 4 is 5.78 Å². The molecular formula is C15H19FO3. The van der Waals surface area contributed by atoms with E-state index in [2.05, 4.69) is 0 Å². The molecule has 4 heteroatoms. The third-order valence-electron chi connectivity index (χ3n) is 3.77. The Labute approximate surface area is 112 Å². The van der Waals surface area contributed by atoms with Crippen molar-refractivity contribution < 1.29 is 19.0 Å². The molecule has 0 bridgehead atoms. The second-order valence-corrected chi connectivity index (χ2v) is 5.12. The molecule has 0 heterocycles. The Morgan fingerprint density at radius 1 is 1.26 bits per heavy atom. The van der Waals surface area contributed by atoms with E-state index < -0.39 is 17.2 Å². The van der Waals surface area contributed by atoms with E-state index in [9.17, 15) is 14.3 Å². The van der Waals surface area contributed by atoms with E-state index in [0.717, 1.165) is 25.7 Å². The molecule has 1 saturated carbocycles. The zero-order valence-corrected chi connectivity index (χ0v) is 11.1. The molecule has 0 atom stereocenters. The number of Topliss-reactive ketones (excluding diaryl/α,β-unsaturated/α-hetero) is 1. The molecule has 0 aliphatic heterocycles. The fourth-order valence-electron chi connectivity index (χ4n) is 2.60. The van der Waals surface area contributed by atoms with E-state index in [1.807, 2.05) is 0 Å². The molecule has 1 aliphatic carbocycles. The predicted molar refractivity (Wildman–Crippen MR) is 69.9 cm³/mol. The van der Waals surface area contributed by atoms with Crippen molar-refractivity contribution in [3.63, 3.8) is 0 Å². The number of rotatable bonds is 3. The number of methoxy groups -OCH3 is 1. The van der Waals surface area contributed by atoms with Crippen molar-refractivity contribution in [2.24, 2.45) is 0 Å². The number of carbonyl (C=O) groups is 1. The van der Waals surface area contributed by atoms with Gasteiger partial charge in [-0.25, -0.2) is 4.39 Å². The Morgan fingerprint density at radius 2 is 1.89 bits per heavy atom. The van der Waals surface area contributed by atoms with Crippen LogP contribution in [0.1, 0.15) is 48.9 Å². The molecule has 0 radical (unpaired) electrons. The standard InChI is InChI=1S/C15H19FO3/c1-19-11-6-7-12(13(16)10-11)14(17)15(18)8-4-2-3-5-9-15/h6-7,10,18H,2-5,8-9H2,1H3. The third kappa shape index (κ3) is 2.95. The number of ether oxygens (including phenoxy) is 1. The average Bonchev–Trinajstić information content (AvgIpc) is 2.63. The summed E-state index contributed by atoms with van der Waals surface area (Å²) < 4.78 is 18.8. The highest BCUT2D eigenvalue weighted by Crippen LogP contribution is 2.31. The third-order valence-corrected chi connectivity index (χ3v) is 3.77. The van der Waals surface area contributed by atoms with Gasteiger partial charge in [-0.15, -0.1) is 0 Å². The molecule has 1 aromatic carbocycles. The van der Waals surface area contributed by atoms with Crippen LogP contribution in [0.4, 0.5) is 4.39 Å². The Hall–Kier alpha value is -1.42. The summed E-state index contributed by atoms with van der Waals surface area (Å²) in [6.07, 6.45) is 4.47. The first kappa shape index (κ1) is 14.0. The summed E-state index contributed by atoms with van der Waals surface area (Å²) in [5.41, 5.74) is -1.46. The molecule has 0 amide bonds. The quantitative estimate of drug-likeness (QED) is 0.675. The Kier molecular flexibility index (Phi) is 4.20. The van der Waals surface area contributed by atoms with Gasteiger partial charge in [0.1, 0.15) is 17.2 Å². The SMILES string of the molecule is COc1ccc(C(=O)C2(O)CCCCCC2)c(F)c1. The summed E-state index contributed by atoms with van der Waals surface area (Å²) in [4.78, 5) is 12.4. The van der Waals surface area contributed by atoms with Crippen molar-refractivity contribution in [2.75, 3.05) is 7.11 Å². The Morgan fingerprint density at radius 3 is 2.42 bits per heavy atom. The smallest absolute Gasteiger partial charge is 0.197 e. The molecular weight excluding hydrogens is 247 g/mol. The van der Waals surface area contributed by atoms with Crippen LogP contribution in [-0.2, 0) is 0 Å². The van der Waals surface area contributed by atoms with Gasteiger partial charge in [0, 0.05) is 6.07 Å². The molecule has 1 fully saturated rings. The van der Waals surface area contributed by atoms with Crippen molar-refractivity contribution in [2.45, 2.75) is 44.1 Å². The molecule has 2 rings (SSSR count). The van der Waals surface area contributed by atoms with Crippen molar-refractivity contribution in [1.82, 2.24) is 0 Å². The van der Waals surface area contributed by atoms with Crippen LogP contribution in [0.15, 0.2) is 18.2 Å². The lowest BCUT2D eigenvalue weighted by atomic mass is 9.86. The van der Waals surface area contributed by atoms with Crippen LogP contribution in [0.3, 0.4) is 0 Å². The summed E-state index contributed by atoms with van der Waals surface area (Å²) >= 11 is 0. The normalized spacial score (nSPS) is 18.7. The van der Waals surface area contributed by atoms with Gasteiger partial charge in [-0.05, 0) is 25.0 Å². The number of ketones is 1. The number of carbonyl (C=O) groups excluding carboxylic acids is 1. The van der Waals surface area contributed by atoms with Crippen LogP contribution in [-0.4, -0.2) is 23.6 Å². The maximum absolute atomic E-state index is 13.9. The number of hydrogen-bond donors (Lipinski definition) is 1. The zero-order chi connectivity index (χ0) is 13.9. The maximum Gasteiger partial charge on any atom is 0.197 e. The maximum atomic E-state index is 13.9. The number of aliphatic hydroxyl groups is 1. The summed E-state index contributed by atoms with van der Waals surface area (Å²) in [6.45, 7) is 0. The second-order valence-electron chi connectivity index (χ2n) is 5.12. The van der Waals surface area contributed by atoms with E-state index in [1.165, 1.54) is 25.3 Å². The number of halogens is 1. The first-order chi connectivity index (χ1) is 9.07. The van der Waals surface area contributed by atoms with Gasteiger partial charge in [-0.1, -0.05) is 25.7 Å². The van der Waals surface area contributed by atoms with Gasteiger partial charge >= 0.3 is 0 Å². The van der Waals surface area contributed by atoms with Crippen molar-refractivity contribution in [3.8, 4) is 5.75 Å². The lowest BCUT2D eigenvalue weighted by Gasteiger charge is -2.25. The minimum Gasteiger partial charge on any atom is -0.497 e. The minimum atomic E-state index is -1.41. The highest BCUT2D eigenvalue weighted by Gasteiger charge is 2.37. The largest absolute Gasteiger partial charge is 0.497 e. The molecule has 0 unspecified atom stereocenters. The summed E-state index contributed by atoms with van der Waals surface area (Å²) in [6, 6.07) is 4.10. The minimum absolute atomic E-state index is 0.0507. The Balaban J connectivity index is 2.27. The second kappa shape index (κ2) is 5.70. The molecule has 1 aliphatic rings. The molecule has 104 valence electrons. The molecule has 0 spiro atoms. The van der Waals surface area contributed by atoms with Gasteiger partial charge in [0.2, 0.25) is 0 Å². The average molecular weight is 266 g/mol. The molecule has 3 nitrogen and oxygen atoms in total. The monoisotopic (exact) mass is 266 g/mol. The first-order valence-corrected chi connectivity index (χ1v) is 6.67. The molecule has 0 saturated heterocycles. The van der Waals surface area contributed by atoms with Gasteiger partial charge in [0.05, 0.1) is 12.7 Å². The van der Waals surface area contributed by atoms with Crippen LogP contribution >= 0.6 is 0 Å². The summed E-state index contributed by atoms with van der Waals surface area (Å²) in [5.74, 6) is -0.779. The lowest BCUT2D eigenvalue weighted by molar-refractivity contribution is 0.0234. The summed E-state index contributed by atoms with van der Waals surface area (Å²) in [5, 5.41) is 10.5. The van der Waals surface area contributed by atoms with Crippen LogP contribution < -0.4 is 4.74 Å². The van der Waals surface area contributed by atoms with Crippen LogP contribution in [0.25, 0.3) is 0 Å². The van der Waals surface area contributed by atoms with Crippen LogP contribution in [0, 0.1) is 5.82 Å². The van der Waals surface area contributed by atoms with E-state index in [4.69, 9.17) is 4.74 Å². The van der Waals surface area contributed by atoms with E-state index >= 15 is 0 Å². The van der Waals surface area contributed by atoms with E-state index in [0.29, 0.717) is 18.6 Å². The zero-order valence-electron chi connectivity index (χ0n) is 11.1. The van der Waals surface area contributed by atoms with E-state index in [1.54, 1.807) is 0 Å². The van der Waals surface area contributed by atoms with Gasteiger partial charge in [0.25, 0.3) is 0 Å². The molecule has 1 N–H and O–H groups in total. The number of hydrogen-bond acceptors (Lipinski definition) is 3. The first-order valence-electron chi connectivity index (χ1n) is 6.67. The fourth-order valence-corrected chi connectivity index (χ4v) is 2.60.